The molecule has 1 aromatic carbocycles. The van der Waals surface area contributed by atoms with Crippen molar-refractivity contribution in [1.29, 1.82) is 0 Å². The van der Waals surface area contributed by atoms with Crippen molar-refractivity contribution < 1.29 is 9.84 Å². The molecule has 182 valence electrons. The molecule has 0 spiro atoms. The van der Waals surface area contributed by atoms with Gasteiger partial charge in [-0.2, -0.15) is 15.3 Å². The third-order valence-corrected chi connectivity index (χ3v) is 6.73. The lowest BCUT2D eigenvalue weighted by molar-refractivity contribution is 0.000892. The summed E-state index contributed by atoms with van der Waals surface area (Å²) in [5, 5.41) is 24.2. The lowest BCUT2D eigenvalue weighted by Gasteiger charge is -2.45. The smallest absolute Gasteiger partial charge is 0.153 e. The molecular formula is C27H32N6O2. The van der Waals surface area contributed by atoms with Gasteiger partial charge in [0.25, 0.3) is 0 Å². The number of phenols is 1. The molecular weight excluding hydrogens is 440 g/mol. The summed E-state index contributed by atoms with van der Waals surface area (Å²) in [5.74, 6) is 0.589. The molecule has 4 aromatic rings. The first-order valence-corrected chi connectivity index (χ1v) is 12.5. The van der Waals surface area contributed by atoms with Gasteiger partial charge in [-0.15, -0.1) is 0 Å². The Morgan fingerprint density at radius 2 is 1.71 bits per heavy atom. The highest BCUT2D eigenvalue weighted by atomic mass is 16.5. The van der Waals surface area contributed by atoms with Crippen LogP contribution in [0.5, 0.6) is 5.75 Å². The minimum atomic E-state index is 0.160. The van der Waals surface area contributed by atoms with Gasteiger partial charge in [-0.25, -0.2) is 9.50 Å². The molecule has 3 aromatic heterocycles. The van der Waals surface area contributed by atoms with E-state index in [2.05, 4.69) is 25.2 Å². The highest BCUT2D eigenvalue weighted by Gasteiger charge is 2.34. The van der Waals surface area contributed by atoms with Crippen molar-refractivity contribution in [3.05, 3.63) is 60.0 Å². The van der Waals surface area contributed by atoms with Gasteiger partial charge in [0.05, 0.1) is 29.0 Å². The molecule has 8 heteroatoms. The number of hydrogen-bond acceptors (Lipinski definition) is 7. The monoisotopic (exact) mass is 472 g/mol. The number of fused-ring (bicyclic) bond motifs is 1. The summed E-state index contributed by atoms with van der Waals surface area (Å²) >= 11 is 0. The van der Waals surface area contributed by atoms with E-state index in [1.54, 1.807) is 10.6 Å². The van der Waals surface area contributed by atoms with Crippen LogP contribution < -0.4 is 0 Å². The second-order valence-electron chi connectivity index (χ2n) is 8.97. The van der Waals surface area contributed by atoms with Crippen molar-refractivity contribution in [3.8, 4) is 28.3 Å². The van der Waals surface area contributed by atoms with Gasteiger partial charge < -0.3 is 9.84 Å². The molecule has 2 fully saturated rings. The minimum Gasteiger partial charge on any atom is -0.507 e. The van der Waals surface area contributed by atoms with Gasteiger partial charge in [0.15, 0.2) is 5.65 Å². The molecule has 0 amide bonds. The van der Waals surface area contributed by atoms with Gasteiger partial charge in [-0.05, 0) is 56.2 Å². The summed E-state index contributed by atoms with van der Waals surface area (Å²) in [6.45, 7) is 9.75. The van der Waals surface area contributed by atoms with Gasteiger partial charge in [-0.3, -0.25) is 4.90 Å². The summed E-state index contributed by atoms with van der Waals surface area (Å²) in [6.07, 6.45) is 4.13. The molecule has 0 bridgehead atoms. The fraction of sp³-hybridized carbons (Fsp3) is 0.407. The fourth-order valence-corrected chi connectivity index (χ4v) is 4.81. The maximum atomic E-state index is 10.7. The molecule has 35 heavy (non-hydrogen) atoms. The number of benzene rings is 1. The molecule has 2 aliphatic heterocycles. The Morgan fingerprint density at radius 3 is 2.43 bits per heavy atom. The standard InChI is InChI=1S/C25H26N6O2.C2H6/c1-16-13-31-25(26-16)7-6-22(29-31)17-2-3-20(24(32)12-17)23-5-4-21(27-28-23)18-14-30(15-18)19-8-10-33-11-9-19;1-2/h2-7,12-13,18-19,32H,8-11,14-15H2,1H3;1-2H3. The van der Waals surface area contributed by atoms with Crippen molar-refractivity contribution in [2.24, 2.45) is 0 Å². The number of rotatable bonds is 4. The van der Waals surface area contributed by atoms with Gasteiger partial charge in [0.1, 0.15) is 5.75 Å². The van der Waals surface area contributed by atoms with E-state index in [9.17, 15) is 5.11 Å². The molecule has 2 aliphatic rings. The zero-order valence-corrected chi connectivity index (χ0v) is 20.6. The molecule has 0 radical (unpaired) electrons. The zero-order valence-electron chi connectivity index (χ0n) is 20.6. The van der Waals surface area contributed by atoms with Crippen LogP contribution in [0.2, 0.25) is 0 Å². The second kappa shape index (κ2) is 10.1. The van der Waals surface area contributed by atoms with Crippen LogP contribution in [0.15, 0.2) is 48.7 Å². The first-order valence-electron chi connectivity index (χ1n) is 12.5. The molecule has 0 atom stereocenters. The van der Waals surface area contributed by atoms with E-state index < -0.39 is 0 Å². The second-order valence-corrected chi connectivity index (χ2v) is 8.97. The normalized spacial score (nSPS) is 17.1. The SMILES string of the molecule is CC.Cc1cn2nc(-c3ccc(-c4ccc(C5CN(C6CCOCC6)C5)nn4)c(O)c3)ccc2n1. The lowest BCUT2D eigenvalue weighted by Crippen LogP contribution is -2.52. The number of aromatic hydroxyl groups is 1. The Kier molecular flexibility index (Phi) is 6.74. The highest BCUT2D eigenvalue weighted by Crippen LogP contribution is 2.34. The van der Waals surface area contributed by atoms with Crippen LogP contribution in [0.3, 0.4) is 0 Å². The van der Waals surface area contributed by atoms with E-state index in [0.717, 1.165) is 67.4 Å². The van der Waals surface area contributed by atoms with Crippen LogP contribution in [0, 0.1) is 6.92 Å². The molecule has 2 saturated heterocycles. The summed E-state index contributed by atoms with van der Waals surface area (Å²) in [4.78, 5) is 6.94. The van der Waals surface area contributed by atoms with Crippen molar-refractivity contribution in [2.45, 2.75) is 45.6 Å². The molecule has 0 aliphatic carbocycles. The summed E-state index contributed by atoms with van der Waals surface area (Å²) < 4.78 is 7.22. The maximum absolute atomic E-state index is 10.7. The number of hydrogen-bond donors (Lipinski definition) is 1. The van der Waals surface area contributed by atoms with Crippen molar-refractivity contribution in [3.63, 3.8) is 0 Å². The molecule has 0 saturated carbocycles. The summed E-state index contributed by atoms with van der Waals surface area (Å²) in [6, 6.07) is 14.0. The number of aryl methyl sites for hydroxylation is 1. The molecule has 8 nitrogen and oxygen atoms in total. The third kappa shape index (κ3) is 4.76. The highest BCUT2D eigenvalue weighted by molar-refractivity contribution is 5.73. The predicted molar refractivity (Wildman–Crippen MR) is 135 cm³/mol. The van der Waals surface area contributed by atoms with E-state index in [1.165, 1.54) is 0 Å². The first-order chi connectivity index (χ1) is 17.1. The van der Waals surface area contributed by atoms with E-state index in [1.807, 2.05) is 63.4 Å². The van der Waals surface area contributed by atoms with E-state index in [-0.39, 0.29) is 5.75 Å². The third-order valence-electron chi connectivity index (χ3n) is 6.73. The van der Waals surface area contributed by atoms with Crippen LogP contribution in [-0.4, -0.2) is 67.1 Å². The van der Waals surface area contributed by atoms with E-state index >= 15 is 0 Å². The van der Waals surface area contributed by atoms with Crippen LogP contribution >= 0.6 is 0 Å². The number of likely N-dealkylation sites (tertiary alicyclic amines) is 1. The Morgan fingerprint density at radius 1 is 0.943 bits per heavy atom. The summed E-state index contributed by atoms with van der Waals surface area (Å²) in [7, 11) is 0. The topological polar surface area (TPSA) is 88.7 Å². The Hall–Kier alpha value is -3.36. The molecule has 5 heterocycles. The average Bonchev–Trinajstić information content (AvgIpc) is 3.25. The van der Waals surface area contributed by atoms with Crippen LogP contribution in [-0.2, 0) is 4.74 Å². The Balaban J connectivity index is 0.00000124. The van der Waals surface area contributed by atoms with Gasteiger partial charge in [0.2, 0.25) is 0 Å². The zero-order chi connectivity index (χ0) is 24.4. The van der Waals surface area contributed by atoms with E-state index in [4.69, 9.17) is 4.74 Å². The average molecular weight is 473 g/mol. The number of phenolic OH excluding ortho intramolecular Hbond substituents is 1. The molecule has 1 N–H and O–H groups in total. The van der Waals surface area contributed by atoms with Gasteiger partial charge in [0, 0.05) is 49.4 Å². The number of nitrogens with zero attached hydrogens (tertiary/aromatic N) is 6. The number of ether oxygens (including phenoxy) is 1. The maximum Gasteiger partial charge on any atom is 0.153 e. The first kappa shape index (κ1) is 23.4. The summed E-state index contributed by atoms with van der Waals surface area (Å²) in [5.41, 5.74) is 5.66. The predicted octanol–water partition coefficient (Wildman–Crippen LogP) is 4.47. The molecule has 6 rings (SSSR count). The van der Waals surface area contributed by atoms with Crippen LogP contribution in [0.1, 0.15) is 44.0 Å². The minimum absolute atomic E-state index is 0.160. The Labute approximate surface area is 205 Å². The van der Waals surface area contributed by atoms with Crippen LogP contribution in [0.25, 0.3) is 28.2 Å². The lowest BCUT2D eigenvalue weighted by atomic mass is 9.91. The number of imidazole rings is 1. The van der Waals surface area contributed by atoms with Crippen LogP contribution in [0.4, 0.5) is 0 Å². The van der Waals surface area contributed by atoms with Crippen molar-refractivity contribution in [2.75, 3.05) is 26.3 Å². The van der Waals surface area contributed by atoms with E-state index in [0.29, 0.717) is 23.2 Å². The quantitative estimate of drug-likeness (QED) is 0.469. The van der Waals surface area contributed by atoms with Crippen molar-refractivity contribution in [1.82, 2.24) is 29.7 Å². The van der Waals surface area contributed by atoms with Gasteiger partial charge >= 0.3 is 0 Å². The fourth-order valence-electron chi connectivity index (χ4n) is 4.81. The largest absolute Gasteiger partial charge is 0.507 e. The van der Waals surface area contributed by atoms with Gasteiger partial charge in [-0.1, -0.05) is 19.9 Å². The Bertz CT molecular complexity index is 1290. The van der Waals surface area contributed by atoms with Crippen molar-refractivity contribution >= 4 is 5.65 Å². The number of aromatic nitrogens is 5. The molecule has 0 unspecified atom stereocenters.